The summed E-state index contributed by atoms with van der Waals surface area (Å²) in [6, 6.07) is 2.13. The summed E-state index contributed by atoms with van der Waals surface area (Å²) in [6.45, 7) is 3.14. The Bertz CT molecular complexity index is 350. The predicted octanol–water partition coefficient (Wildman–Crippen LogP) is 1.90. The first-order chi connectivity index (χ1) is 6.30. The molecule has 0 saturated carbocycles. The Morgan fingerprint density at radius 2 is 2.54 bits per heavy atom. The molecule has 0 N–H and O–H groups in total. The van der Waals surface area contributed by atoms with Gasteiger partial charge in [0.25, 0.3) is 0 Å². The van der Waals surface area contributed by atoms with Gasteiger partial charge in [0.1, 0.15) is 0 Å². The van der Waals surface area contributed by atoms with Crippen molar-refractivity contribution in [2.24, 2.45) is 0 Å². The monoisotopic (exact) mass is 175 g/mol. The van der Waals surface area contributed by atoms with Gasteiger partial charge in [0.15, 0.2) is 0 Å². The van der Waals surface area contributed by atoms with Crippen LogP contribution in [0.1, 0.15) is 30.4 Å². The van der Waals surface area contributed by atoms with Gasteiger partial charge in [-0.05, 0) is 30.5 Å². The number of rotatable bonds is 0. The van der Waals surface area contributed by atoms with E-state index < -0.39 is 0 Å². The Morgan fingerprint density at radius 1 is 1.62 bits per heavy atom. The van der Waals surface area contributed by atoms with Gasteiger partial charge in [0.05, 0.1) is 5.60 Å². The van der Waals surface area contributed by atoms with Gasteiger partial charge in [-0.15, -0.1) is 0 Å². The van der Waals surface area contributed by atoms with E-state index in [0.717, 1.165) is 19.4 Å². The molecule has 0 aromatic carbocycles. The summed E-state index contributed by atoms with van der Waals surface area (Å²) in [5.74, 6) is 0.594. The lowest BCUT2D eigenvalue weighted by Gasteiger charge is -2.22. The Labute approximate surface area is 77.9 Å². The summed E-state index contributed by atoms with van der Waals surface area (Å²) in [6.07, 6.45) is 6.12. The highest BCUT2D eigenvalue weighted by molar-refractivity contribution is 5.38. The number of pyridine rings is 1. The van der Waals surface area contributed by atoms with Crippen molar-refractivity contribution < 1.29 is 4.74 Å². The molecule has 1 aliphatic carbocycles. The summed E-state index contributed by atoms with van der Waals surface area (Å²) < 4.78 is 5.82. The molecule has 2 nitrogen and oxygen atoms in total. The van der Waals surface area contributed by atoms with Crippen molar-refractivity contribution in [3.05, 3.63) is 29.6 Å². The quantitative estimate of drug-likeness (QED) is 0.600. The summed E-state index contributed by atoms with van der Waals surface area (Å²) in [5.41, 5.74) is 2.93. The van der Waals surface area contributed by atoms with Gasteiger partial charge in [0.2, 0.25) is 0 Å². The highest BCUT2D eigenvalue weighted by Gasteiger charge is 2.46. The smallest absolute Gasteiger partial charge is 0.0764 e. The molecule has 68 valence electrons. The molecule has 0 bridgehead atoms. The standard InChI is InChI=1S/C11H13NO/c1-11-6-8-2-4-12-7-9(8)10(11)3-5-13-11/h2,4,7,10H,3,5-6H2,1H3/t10-,11+/m1/s1. The molecule has 0 amide bonds. The number of hydrogen-bond acceptors (Lipinski definition) is 2. The second kappa shape index (κ2) is 2.32. The molecule has 1 aliphatic heterocycles. The third kappa shape index (κ3) is 0.894. The third-order valence-corrected chi connectivity index (χ3v) is 3.44. The Balaban J connectivity index is 2.13. The van der Waals surface area contributed by atoms with E-state index in [1.807, 2.05) is 12.4 Å². The van der Waals surface area contributed by atoms with Crippen LogP contribution in [0.5, 0.6) is 0 Å². The molecule has 0 radical (unpaired) electrons. The van der Waals surface area contributed by atoms with E-state index in [9.17, 15) is 0 Å². The van der Waals surface area contributed by atoms with Crippen LogP contribution in [0, 0.1) is 0 Å². The van der Waals surface area contributed by atoms with E-state index in [1.165, 1.54) is 11.1 Å². The summed E-state index contributed by atoms with van der Waals surface area (Å²) in [4.78, 5) is 4.19. The van der Waals surface area contributed by atoms with E-state index in [0.29, 0.717) is 5.92 Å². The van der Waals surface area contributed by atoms with Crippen molar-refractivity contribution in [2.45, 2.75) is 31.3 Å². The summed E-state index contributed by atoms with van der Waals surface area (Å²) >= 11 is 0. The maximum absolute atomic E-state index is 5.82. The van der Waals surface area contributed by atoms with Crippen LogP contribution in [-0.4, -0.2) is 17.2 Å². The van der Waals surface area contributed by atoms with Crippen LogP contribution in [-0.2, 0) is 11.2 Å². The van der Waals surface area contributed by atoms with Crippen molar-refractivity contribution in [3.63, 3.8) is 0 Å². The summed E-state index contributed by atoms with van der Waals surface area (Å²) in [7, 11) is 0. The number of fused-ring (bicyclic) bond motifs is 3. The maximum Gasteiger partial charge on any atom is 0.0764 e. The summed E-state index contributed by atoms with van der Waals surface area (Å²) in [5, 5.41) is 0. The number of nitrogens with zero attached hydrogens (tertiary/aromatic N) is 1. The largest absolute Gasteiger partial charge is 0.374 e. The van der Waals surface area contributed by atoms with Crippen molar-refractivity contribution in [3.8, 4) is 0 Å². The first-order valence-electron chi connectivity index (χ1n) is 4.86. The molecule has 2 heterocycles. The van der Waals surface area contributed by atoms with Gasteiger partial charge < -0.3 is 4.74 Å². The van der Waals surface area contributed by atoms with Crippen molar-refractivity contribution in [1.82, 2.24) is 4.98 Å². The fourth-order valence-corrected chi connectivity index (χ4v) is 2.76. The lowest BCUT2D eigenvalue weighted by atomic mass is 9.90. The number of hydrogen-bond donors (Lipinski definition) is 0. The van der Waals surface area contributed by atoms with Crippen LogP contribution in [0.15, 0.2) is 18.5 Å². The van der Waals surface area contributed by atoms with E-state index in [4.69, 9.17) is 4.74 Å². The molecule has 1 saturated heterocycles. The Kier molecular flexibility index (Phi) is 1.34. The van der Waals surface area contributed by atoms with Gasteiger partial charge in [-0.3, -0.25) is 4.98 Å². The van der Waals surface area contributed by atoms with Crippen molar-refractivity contribution in [2.75, 3.05) is 6.61 Å². The SMILES string of the molecule is C[C@]12Cc3ccncc3[C@H]1CCO2. The lowest BCUT2D eigenvalue weighted by Crippen LogP contribution is -2.26. The van der Waals surface area contributed by atoms with Crippen LogP contribution in [0.2, 0.25) is 0 Å². The van der Waals surface area contributed by atoms with E-state index in [2.05, 4.69) is 18.0 Å². The van der Waals surface area contributed by atoms with E-state index >= 15 is 0 Å². The first-order valence-corrected chi connectivity index (χ1v) is 4.86. The fourth-order valence-electron chi connectivity index (χ4n) is 2.76. The molecule has 2 aliphatic rings. The van der Waals surface area contributed by atoms with Crippen molar-refractivity contribution in [1.29, 1.82) is 0 Å². The molecule has 13 heavy (non-hydrogen) atoms. The molecule has 2 heteroatoms. The third-order valence-electron chi connectivity index (χ3n) is 3.44. The second-order valence-electron chi connectivity index (χ2n) is 4.25. The van der Waals surface area contributed by atoms with Crippen molar-refractivity contribution >= 4 is 0 Å². The zero-order valence-corrected chi connectivity index (χ0v) is 7.79. The zero-order chi connectivity index (χ0) is 8.89. The fraction of sp³-hybridized carbons (Fsp3) is 0.545. The van der Waals surface area contributed by atoms with E-state index in [-0.39, 0.29) is 5.60 Å². The molecule has 1 aromatic heterocycles. The van der Waals surface area contributed by atoms with Gasteiger partial charge in [-0.25, -0.2) is 0 Å². The Morgan fingerprint density at radius 3 is 3.46 bits per heavy atom. The molecule has 0 spiro atoms. The van der Waals surface area contributed by atoms with Crippen LogP contribution in [0.25, 0.3) is 0 Å². The topological polar surface area (TPSA) is 22.1 Å². The first kappa shape index (κ1) is 7.51. The minimum atomic E-state index is 0.0748. The van der Waals surface area contributed by atoms with Crippen LogP contribution in [0.3, 0.4) is 0 Å². The van der Waals surface area contributed by atoms with E-state index in [1.54, 1.807) is 0 Å². The van der Waals surface area contributed by atoms with Gasteiger partial charge >= 0.3 is 0 Å². The average molecular weight is 175 g/mol. The van der Waals surface area contributed by atoms with Crippen LogP contribution in [0.4, 0.5) is 0 Å². The van der Waals surface area contributed by atoms with Gasteiger partial charge in [0, 0.05) is 31.3 Å². The molecule has 1 fully saturated rings. The van der Waals surface area contributed by atoms with Gasteiger partial charge in [-0.1, -0.05) is 0 Å². The molecule has 1 aromatic rings. The number of ether oxygens (including phenoxy) is 1. The average Bonchev–Trinajstić information content (AvgIpc) is 2.58. The molecular formula is C11H13NO. The van der Waals surface area contributed by atoms with Gasteiger partial charge in [-0.2, -0.15) is 0 Å². The highest BCUT2D eigenvalue weighted by Crippen LogP contribution is 2.48. The Hall–Kier alpha value is -0.890. The molecular weight excluding hydrogens is 162 g/mol. The minimum absolute atomic E-state index is 0.0748. The number of aromatic nitrogens is 1. The second-order valence-corrected chi connectivity index (χ2v) is 4.25. The lowest BCUT2D eigenvalue weighted by molar-refractivity contribution is 0.0188. The predicted molar refractivity (Wildman–Crippen MR) is 49.7 cm³/mol. The van der Waals surface area contributed by atoms with Crippen LogP contribution >= 0.6 is 0 Å². The normalized spacial score (nSPS) is 35.9. The molecule has 0 unspecified atom stereocenters. The maximum atomic E-state index is 5.82. The molecule has 2 atom stereocenters. The highest BCUT2D eigenvalue weighted by atomic mass is 16.5. The zero-order valence-electron chi connectivity index (χ0n) is 7.79. The molecule has 3 rings (SSSR count). The minimum Gasteiger partial charge on any atom is -0.374 e. The van der Waals surface area contributed by atoms with Crippen LogP contribution < -0.4 is 0 Å².